The van der Waals surface area contributed by atoms with Gasteiger partial charge < -0.3 is 5.32 Å². The van der Waals surface area contributed by atoms with Crippen LogP contribution < -0.4 is 5.32 Å². The third-order valence-corrected chi connectivity index (χ3v) is 3.48. The van der Waals surface area contributed by atoms with Crippen molar-refractivity contribution in [3.8, 4) is 0 Å². The number of aryl methyl sites for hydroxylation is 1. The standard InChI is InChI=1S/C15H27N3/c1-6-12(2)16-10-14(4)18(5)11-15-9-7-8-13(3)17-15/h7-9,12,14,16H,6,10-11H2,1-5H3. The minimum absolute atomic E-state index is 0.515. The number of likely N-dealkylation sites (N-methyl/N-ethyl adjacent to an activating group) is 1. The normalized spacial score (nSPS) is 14.8. The Labute approximate surface area is 112 Å². The second-order valence-electron chi connectivity index (χ2n) is 5.25. The Morgan fingerprint density at radius 1 is 1.33 bits per heavy atom. The van der Waals surface area contributed by atoms with Crippen LogP contribution in [0.15, 0.2) is 18.2 Å². The number of nitrogens with zero attached hydrogens (tertiary/aromatic N) is 2. The fourth-order valence-corrected chi connectivity index (χ4v) is 1.77. The van der Waals surface area contributed by atoms with E-state index in [0.29, 0.717) is 12.1 Å². The third kappa shape index (κ3) is 5.15. The predicted molar refractivity (Wildman–Crippen MR) is 77.7 cm³/mol. The lowest BCUT2D eigenvalue weighted by atomic mass is 10.2. The Hall–Kier alpha value is -0.930. The monoisotopic (exact) mass is 249 g/mol. The first-order valence-electron chi connectivity index (χ1n) is 6.89. The molecule has 0 aliphatic heterocycles. The molecule has 0 spiro atoms. The lowest BCUT2D eigenvalue weighted by Crippen LogP contribution is -2.40. The van der Waals surface area contributed by atoms with Crippen molar-refractivity contribution in [2.24, 2.45) is 0 Å². The molecule has 18 heavy (non-hydrogen) atoms. The molecule has 3 heteroatoms. The summed E-state index contributed by atoms with van der Waals surface area (Å²) < 4.78 is 0. The molecular formula is C15H27N3. The average molecular weight is 249 g/mol. The number of hydrogen-bond acceptors (Lipinski definition) is 3. The number of aromatic nitrogens is 1. The summed E-state index contributed by atoms with van der Waals surface area (Å²) in [5, 5.41) is 3.55. The van der Waals surface area contributed by atoms with Gasteiger partial charge in [0.15, 0.2) is 0 Å². The maximum atomic E-state index is 4.54. The summed E-state index contributed by atoms with van der Waals surface area (Å²) in [6, 6.07) is 7.32. The van der Waals surface area contributed by atoms with E-state index >= 15 is 0 Å². The van der Waals surface area contributed by atoms with Gasteiger partial charge in [0.25, 0.3) is 0 Å². The van der Waals surface area contributed by atoms with Gasteiger partial charge in [0.1, 0.15) is 0 Å². The molecule has 0 aromatic carbocycles. The Morgan fingerprint density at radius 3 is 2.67 bits per heavy atom. The molecule has 2 unspecified atom stereocenters. The molecule has 0 fully saturated rings. The van der Waals surface area contributed by atoms with Crippen LogP contribution in [0.3, 0.4) is 0 Å². The fraction of sp³-hybridized carbons (Fsp3) is 0.667. The highest BCUT2D eigenvalue weighted by Crippen LogP contribution is 2.05. The van der Waals surface area contributed by atoms with Crippen LogP contribution in [0, 0.1) is 6.92 Å². The van der Waals surface area contributed by atoms with Crippen molar-refractivity contribution in [1.29, 1.82) is 0 Å². The van der Waals surface area contributed by atoms with Crippen molar-refractivity contribution in [1.82, 2.24) is 15.2 Å². The third-order valence-electron chi connectivity index (χ3n) is 3.48. The van der Waals surface area contributed by atoms with Gasteiger partial charge in [-0.1, -0.05) is 13.0 Å². The first-order chi connectivity index (χ1) is 8.52. The first kappa shape index (κ1) is 15.1. The van der Waals surface area contributed by atoms with Gasteiger partial charge in [-0.25, -0.2) is 0 Å². The largest absolute Gasteiger partial charge is 0.313 e. The average Bonchev–Trinajstić information content (AvgIpc) is 2.35. The van der Waals surface area contributed by atoms with Crippen molar-refractivity contribution in [2.45, 2.75) is 52.7 Å². The van der Waals surface area contributed by atoms with Crippen molar-refractivity contribution >= 4 is 0 Å². The Morgan fingerprint density at radius 2 is 2.06 bits per heavy atom. The fourth-order valence-electron chi connectivity index (χ4n) is 1.77. The highest BCUT2D eigenvalue weighted by Gasteiger charge is 2.11. The van der Waals surface area contributed by atoms with Gasteiger partial charge in [-0.05, 0) is 46.4 Å². The molecule has 1 aromatic rings. The highest BCUT2D eigenvalue weighted by atomic mass is 15.2. The maximum absolute atomic E-state index is 4.54. The Bertz CT molecular complexity index is 351. The number of rotatable bonds is 7. The van der Waals surface area contributed by atoms with E-state index in [2.05, 4.69) is 55.2 Å². The van der Waals surface area contributed by atoms with E-state index in [9.17, 15) is 0 Å². The molecule has 102 valence electrons. The van der Waals surface area contributed by atoms with E-state index in [1.807, 2.05) is 13.0 Å². The topological polar surface area (TPSA) is 28.2 Å². The minimum Gasteiger partial charge on any atom is -0.313 e. The van der Waals surface area contributed by atoms with E-state index in [0.717, 1.165) is 24.5 Å². The van der Waals surface area contributed by atoms with Crippen LogP contribution in [0.5, 0.6) is 0 Å². The van der Waals surface area contributed by atoms with Crippen LogP contribution in [0.4, 0.5) is 0 Å². The van der Waals surface area contributed by atoms with Crippen molar-refractivity contribution in [3.05, 3.63) is 29.6 Å². The molecule has 0 bridgehead atoms. The van der Waals surface area contributed by atoms with Gasteiger partial charge in [-0.3, -0.25) is 9.88 Å². The van der Waals surface area contributed by atoms with Crippen LogP contribution in [0.25, 0.3) is 0 Å². The second-order valence-corrected chi connectivity index (χ2v) is 5.25. The van der Waals surface area contributed by atoms with E-state index in [-0.39, 0.29) is 0 Å². The molecule has 1 aromatic heterocycles. The first-order valence-corrected chi connectivity index (χ1v) is 6.89. The van der Waals surface area contributed by atoms with Crippen LogP contribution in [-0.4, -0.2) is 35.6 Å². The maximum Gasteiger partial charge on any atom is 0.0547 e. The van der Waals surface area contributed by atoms with E-state index < -0.39 is 0 Å². The molecule has 0 saturated heterocycles. The predicted octanol–water partition coefficient (Wildman–Crippen LogP) is 2.60. The van der Waals surface area contributed by atoms with Gasteiger partial charge in [0.05, 0.1) is 5.69 Å². The lowest BCUT2D eigenvalue weighted by Gasteiger charge is -2.26. The van der Waals surface area contributed by atoms with Crippen molar-refractivity contribution in [3.63, 3.8) is 0 Å². The summed E-state index contributed by atoms with van der Waals surface area (Å²) in [5.41, 5.74) is 2.24. The van der Waals surface area contributed by atoms with E-state index in [1.165, 1.54) is 6.42 Å². The number of hydrogen-bond donors (Lipinski definition) is 1. The molecule has 0 aliphatic carbocycles. The molecule has 0 radical (unpaired) electrons. The Kier molecular flexibility index (Phi) is 6.30. The zero-order valence-corrected chi connectivity index (χ0v) is 12.4. The summed E-state index contributed by atoms with van der Waals surface area (Å²) in [6.45, 7) is 10.7. The quantitative estimate of drug-likeness (QED) is 0.805. The van der Waals surface area contributed by atoms with Crippen molar-refractivity contribution < 1.29 is 0 Å². The molecule has 0 saturated carbocycles. The summed E-state index contributed by atoms with van der Waals surface area (Å²) in [5.74, 6) is 0. The molecule has 1 heterocycles. The van der Waals surface area contributed by atoms with Crippen molar-refractivity contribution in [2.75, 3.05) is 13.6 Å². The van der Waals surface area contributed by atoms with Crippen LogP contribution in [0.1, 0.15) is 38.6 Å². The van der Waals surface area contributed by atoms with E-state index in [1.54, 1.807) is 0 Å². The second kappa shape index (κ2) is 7.49. The van der Waals surface area contributed by atoms with Gasteiger partial charge in [0, 0.05) is 30.9 Å². The smallest absolute Gasteiger partial charge is 0.0547 e. The number of pyridine rings is 1. The van der Waals surface area contributed by atoms with Gasteiger partial charge in [-0.15, -0.1) is 0 Å². The molecule has 0 amide bonds. The zero-order valence-electron chi connectivity index (χ0n) is 12.4. The van der Waals surface area contributed by atoms with Crippen LogP contribution in [0.2, 0.25) is 0 Å². The summed E-state index contributed by atoms with van der Waals surface area (Å²) in [4.78, 5) is 6.89. The van der Waals surface area contributed by atoms with Crippen LogP contribution in [-0.2, 0) is 6.54 Å². The molecular weight excluding hydrogens is 222 g/mol. The summed E-state index contributed by atoms with van der Waals surface area (Å²) in [7, 11) is 2.16. The summed E-state index contributed by atoms with van der Waals surface area (Å²) in [6.07, 6.45) is 1.18. The zero-order chi connectivity index (χ0) is 13.5. The lowest BCUT2D eigenvalue weighted by molar-refractivity contribution is 0.235. The Balaban J connectivity index is 2.42. The SMILES string of the molecule is CCC(C)NCC(C)N(C)Cc1cccc(C)n1. The molecule has 2 atom stereocenters. The molecule has 3 nitrogen and oxygen atoms in total. The highest BCUT2D eigenvalue weighted by molar-refractivity contribution is 5.09. The molecule has 1 N–H and O–H groups in total. The van der Waals surface area contributed by atoms with Crippen LogP contribution >= 0.6 is 0 Å². The molecule has 0 aliphatic rings. The van der Waals surface area contributed by atoms with Gasteiger partial charge in [-0.2, -0.15) is 0 Å². The van der Waals surface area contributed by atoms with Gasteiger partial charge in [0.2, 0.25) is 0 Å². The summed E-state index contributed by atoms with van der Waals surface area (Å²) >= 11 is 0. The number of nitrogens with one attached hydrogen (secondary N) is 1. The molecule has 1 rings (SSSR count). The minimum atomic E-state index is 0.515. The van der Waals surface area contributed by atoms with E-state index in [4.69, 9.17) is 0 Å². The van der Waals surface area contributed by atoms with Gasteiger partial charge >= 0.3 is 0 Å².